The number of carbonyl (C=O) groups excluding carboxylic acids is 2. The third kappa shape index (κ3) is 38.7. The number of carboxylic acid groups (broad SMARTS) is 1. The molecule has 56 heavy (non-hydrogen) atoms. The van der Waals surface area contributed by atoms with Gasteiger partial charge >= 0.3 is 17.9 Å². The number of carboxylic acids is 1. The van der Waals surface area contributed by atoms with Crippen LogP contribution in [0.3, 0.4) is 0 Å². The van der Waals surface area contributed by atoms with Gasteiger partial charge in [0.2, 0.25) is 0 Å². The predicted molar refractivity (Wildman–Crippen MR) is 230 cm³/mol. The summed E-state index contributed by atoms with van der Waals surface area (Å²) in [5.41, 5.74) is 0. The van der Waals surface area contributed by atoms with Crippen LogP contribution in [0.5, 0.6) is 0 Å². The van der Waals surface area contributed by atoms with Gasteiger partial charge in [0.25, 0.3) is 6.29 Å². The van der Waals surface area contributed by atoms with E-state index in [1.807, 2.05) is 21.1 Å². The predicted octanol–water partition coefficient (Wildman–Crippen LogP) is 10.9. The van der Waals surface area contributed by atoms with Crippen molar-refractivity contribution in [1.29, 1.82) is 0 Å². The number of esters is 2. The third-order valence-corrected chi connectivity index (χ3v) is 8.42. The molecule has 0 heterocycles. The van der Waals surface area contributed by atoms with E-state index in [4.69, 9.17) is 18.9 Å². The Morgan fingerprint density at radius 1 is 0.554 bits per heavy atom. The lowest BCUT2D eigenvalue weighted by Crippen LogP contribution is -2.40. The number of ether oxygens (including phenoxy) is 4. The van der Waals surface area contributed by atoms with Gasteiger partial charge in [0, 0.05) is 12.8 Å². The van der Waals surface area contributed by atoms with Crippen molar-refractivity contribution >= 4 is 17.9 Å². The van der Waals surface area contributed by atoms with Crippen molar-refractivity contribution < 1.29 is 42.9 Å². The first-order chi connectivity index (χ1) is 27.1. The minimum atomic E-state index is -1.52. The van der Waals surface area contributed by atoms with E-state index < -0.39 is 24.3 Å². The van der Waals surface area contributed by atoms with Crippen LogP contribution in [0.25, 0.3) is 0 Å². The van der Waals surface area contributed by atoms with Crippen LogP contribution in [0.4, 0.5) is 0 Å². The van der Waals surface area contributed by atoms with Crippen molar-refractivity contribution in [1.82, 2.24) is 0 Å². The van der Waals surface area contributed by atoms with Gasteiger partial charge in [-0.05, 0) is 70.6 Å². The third-order valence-electron chi connectivity index (χ3n) is 8.42. The molecule has 0 aromatic rings. The Hall–Kier alpha value is -3.53. The van der Waals surface area contributed by atoms with E-state index in [0.717, 1.165) is 96.3 Å². The Morgan fingerprint density at radius 2 is 1.02 bits per heavy atom. The highest BCUT2D eigenvalue weighted by Gasteiger charge is 2.25. The lowest BCUT2D eigenvalue weighted by Gasteiger charge is -2.25. The van der Waals surface area contributed by atoms with Crippen molar-refractivity contribution in [3.05, 3.63) is 85.1 Å². The van der Waals surface area contributed by atoms with Crippen LogP contribution < -0.4 is 0 Å². The molecule has 0 saturated carbocycles. The summed E-state index contributed by atoms with van der Waals surface area (Å²) in [6, 6.07) is 0. The van der Waals surface area contributed by atoms with E-state index in [1.165, 1.54) is 6.42 Å². The zero-order valence-electron chi connectivity index (χ0n) is 35.8. The van der Waals surface area contributed by atoms with Gasteiger partial charge in [-0.2, -0.15) is 0 Å². The van der Waals surface area contributed by atoms with Crippen LogP contribution in [0, 0.1) is 0 Å². The number of hydrogen-bond donors (Lipinski definition) is 1. The second-order valence-electron chi connectivity index (χ2n) is 14.9. The fourth-order valence-electron chi connectivity index (χ4n) is 5.11. The summed E-state index contributed by atoms with van der Waals surface area (Å²) >= 11 is 0. The topological polar surface area (TPSA) is 108 Å². The fourth-order valence-corrected chi connectivity index (χ4v) is 5.11. The summed E-state index contributed by atoms with van der Waals surface area (Å²) in [4.78, 5) is 36.8. The maximum absolute atomic E-state index is 12.7. The van der Waals surface area contributed by atoms with Crippen molar-refractivity contribution in [2.45, 2.75) is 148 Å². The van der Waals surface area contributed by atoms with Gasteiger partial charge in [-0.1, -0.05) is 137 Å². The molecule has 1 N–H and O–H groups in total. The van der Waals surface area contributed by atoms with Crippen molar-refractivity contribution in [2.24, 2.45) is 0 Å². The Bertz CT molecular complexity index is 1190. The summed E-state index contributed by atoms with van der Waals surface area (Å²) < 4.78 is 22.5. The smallest absolute Gasteiger partial charge is 0.361 e. The number of unbranched alkanes of at least 4 members (excludes halogenated alkanes) is 8. The normalized spacial score (nSPS) is 13.8. The van der Waals surface area contributed by atoms with E-state index in [1.54, 1.807) is 0 Å². The summed E-state index contributed by atoms with van der Waals surface area (Å²) in [5.74, 6) is -2.08. The van der Waals surface area contributed by atoms with Crippen molar-refractivity contribution in [3.63, 3.8) is 0 Å². The zero-order chi connectivity index (χ0) is 41.4. The summed E-state index contributed by atoms with van der Waals surface area (Å²) in [6.07, 6.45) is 45.4. The van der Waals surface area contributed by atoms with Crippen molar-refractivity contribution in [3.8, 4) is 0 Å². The average Bonchev–Trinajstić information content (AvgIpc) is 3.15. The first kappa shape index (κ1) is 52.5. The minimum absolute atomic E-state index is 0.176. The first-order valence-corrected chi connectivity index (χ1v) is 21.3. The molecule has 9 nitrogen and oxygen atoms in total. The number of likely N-dealkylation sites (N-methyl/N-ethyl adjacent to an activating group) is 1. The van der Waals surface area contributed by atoms with Crippen LogP contribution >= 0.6 is 0 Å². The fraction of sp³-hybridized carbons (Fsp3) is 0.638. The molecule has 0 aliphatic heterocycles. The molecule has 2 unspecified atom stereocenters. The largest absolute Gasteiger partial charge is 0.477 e. The second kappa shape index (κ2) is 38.3. The number of rotatable bonds is 37. The molecule has 0 aliphatic carbocycles. The number of hydrogen-bond acceptors (Lipinski definition) is 7. The molecule has 0 rings (SSSR count). The number of aliphatic carboxylic acids is 1. The second-order valence-corrected chi connectivity index (χ2v) is 14.9. The van der Waals surface area contributed by atoms with Crippen LogP contribution in [-0.4, -0.2) is 87.4 Å². The zero-order valence-corrected chi connectivity index (χ0v) is 35.8. The molecule has 0 fully saturated rings. The molecular formula is C47H78NO8+. The van der Waals surface area contributed by atoms with E-state index in [9.17, 15) is 19.5 Å². The molecule has 0 radical (unpaired) electrons. The molecule has 0 spiro atoms. The van der Waals surface area contributed by atoms with Crippen LogP contribution in [0.2, 0.25) is 0 Å². The standard InChI is InChI=1S/C47H77NO8/c1-6-8-10-12-14-15-16-17-18-19-20-21-22-23-24-25-26-27-28-29-30-31-32-34-36-38-45(50)56-43(41-54-44(49)37-35-33-13-11-9-7-2)42-55-47(46(51)52)53-40-39-48(3,4)5/h8,10,14-15,17-18,20-21,23-24,26-27,29-30,43,47H,6-7,9,11-13,16,19,22,25,28,31-42H2,1-5H3/p+1/b10-8-,15-14-,18-17-,21-20-,24-23-,27-26-,30-29-. The van der Waals surface area contributed by atoms with Gasteiger partial charge in [-0.25, -0.2) is 4.79 Å². The van der Waals surface area contributed by atoms with Crippen molar-refractivity contribution in [2.75, 3.05) is 47.5 Å². The Kier molecular flexibility index (Phi) is 35.9. The highest BCUT2D eigenvalue weighted by Crippen LogP contribution is 2.11. The molecule has 9 heteroatoms. The maximum Gasteiger partial charge on any atom is 0.361 e. The van der Waals surface area contributed by atoms with Gasteiger partial charge in [0.05, 0.1) is 34.4 Å². The summed E-state index contributed by atoms with van der Waals surface area (Å²) in [6.45, 7) is 4.61. The molecule has 0 amide bonds. The Morgan fingerprint density at radius 3 is 1.52 bits per heavy atom. The number of carbonyl (C=O) groups is 3. The average molecular weight is 785 g/mol. The number of allylic oxidation sites excluding steroid dienone is 14. The monoisotopic (exact) mass is 785 g/mol. The Labute approximate surface area is 340 Å². The summed E-state index contributed by atoms with van der Waals surface area (Å²) in [5, 5.41) is 9.58. The highest BCUT2D eigenvalue weighted by atomic mass is 16.7. The Balaban J connectivity index is 4.39. The van der Waals surface area contributed by atoms with Gasteiger partial charge in [0.15, 0.2) is 6.10 Å². The van der Waals surface area contributed by atoms with Crippen LogP contribution in [0.15, 0.2) is 85.1 Å². The molecule has 0 saturated heterocycles. The summed E-state index contributed by atoms with van der Waals surface area (Å²) in [7, 11) is 5.92. The molecule has 0 bridgehead atoms. The SMILES string of the molecule is CC/C=C\C/C=C\C/C=C\C/C=C\C/C=C\C/C=C\C/C=C\CCCCCC(=O)OC(COC(=O)CCCCCCCC)COC(OCC[N+](C)(C)C)C(=O)O. The van der Waals surface area contributed by atoms with E-state index >= 15 is 0 Å². The lowest BCUT2D eigenvalue weighted by atomic mass is 10.1. The maximum atomic E-state index is 12.7. The lowest BCUT2D eigenvalue weighted by molar-refractivity contribution is -0.870. The molecule has 0 aromatic carbocycles. The van der Waals surface area contributed by atoms with E-state index in [2.05, 4.69) is 98.9 Å². The van der Waals surface area contributed by atoms with Crippen LogP contribution in [0.1, 0.15) is 136 Å². The molecule has 318 valence electrons. The van der Waals surface area contributed by atoms with Gasteiger partial charge in [0.1, 0.15) is 13.2 Å². The number of nitrogens with zero attached hydrogens (tertiary/aromatic N) is 1. The molecule has 2 atom stereocenters. The molecule has 0 aromatic heterocycles. The van der Waals surface area contributed by atoms with Gasteiger partial charge < -0.3 is 28.5 Å². The van der Waals surface area contributed by atoms with Gasteiger partial charge in [-0.3, -0.25) is 9.59 Å². The molecule has 0 aliphatic rings. The van der Waals surface area contributed by atoms with E-state index in [-0.39, 0.29) is 38.6 Å². The highest BCUT2D eigenvalue weighted by molar-refractivity contribution is 5.71. The van der Waals surface area contributed by atoms with Gasteiger partial charge in [-0.15, -0.1) is 0 Å². The molecular weight excluding hydrogens is 707 g/mol. The first-order valence-electron chi connectivity index (χ1n) is 21.3. The van der Waals surface area contributed by atoms with E-state index in [0.29, 0.717) is 17.4 Å². The van der Waals surface area contributed by atoms with Crippen LogP contribution in [-0.2, 0) is 33.3 Å². The quantitative estimate of drug-likeness (QED) is 0.0218. The number of quaternary nitrogens is 1. The minimum Gasteiger partial charge on any atom is -0.477 e.